The Balaban J connectivity index is 3.98. The lowest BCUT2D eigenvalue weighted by Gasteiger charge is -2.19. The van der Waals surface area contributed by atoms with Gasteiger partial charge in [0, 0.05) is 0 Å². The van der Waals surface area contributed by atoms with Gasteiger partial charge in [0.15, 0.2) is 0 Å². The van der Waals surface area contributed by atoms with Crippen LogP contribution in [0.5, 0.6) is 0 Å². The molecule has 0 heteroatoms. The van der Waals surface area contributed by atoms with E-state index in [0.29, 0.717) is 0 Å². The van der Waals surface area contributed by atoms with E-state index in [1.807, 2.05) is 0 Å². The van der Waals surface area contributed by atoms with Crippen molar-refractivity contribution >= 4 is 0 Å². The molecule has 0 aromatic rings. The van der Waals surface area contributed by atoms with Gasteiger partial charge in [-0.15, -0.1) is 0 Å². The van der Waals surface area contributed by atoms with Crippen LogP contribution in [0.2, 0.25) is 0 Å². The van der Waals surface area contributed by atoms with Gasteiger partial charge in [-0.1, -0.05) is 58.6 Å². The van der Waals surface area contributed by atoms with E-state index in [2.05, 4.69) is 40.7 Å². The van der Waals surface area contributed by atoms with Crippen LogP contribution in [0.15, 0.2) is 11.6 Å². The van der Waals surface area contributed by atoms with Crippen molar-refractivity contribution in [2.24, 2.45) is 11.8 Å². The van der Waals surface area contributed by atoms with Crippen LogP contribution < -0.4 is 0 Å². The number of hydrogen-bond donors (Lipinski definition) is 0. The lowest BCUT2D eigenvalue weighted by atomic mass is 9.86. The average molecular weight is 210 g/mol. The van der Waals surface area contributed by atoms with E-state index in [4.69, 9.17) is 0 Å². The smallest absolute Gasteiger partial charge is 0.0229 e. The molecular formula is C15H30. The van der Waals surface area contributed by atoms with Crippen molar-refractivity contribution < 1.29 is 0 Å². The first-order valence-corrected chi connectivity index (χ1v) is 6.80. The van der Waals surface area contributed by atoms with Gasteiger partial charge in [0.2, 0.25) is 0 Å². The fraction of sp³-hybridized carbons (Fsp3) is 0.867. The molecule has 0 fully saturated rings. The second-order valence-corrected chi connectivity index (χ2v) is 5.00. The fourth-order valence-electron chi connectivity index (χ4n) is 2.42. The van der Waals surface area contributed by atoms with Crippen molar-refractivity contribution in [2.75, 3.05) is 0 Å². The quantitative estimate of drug-likeness (QED) is 0.458. The predicted molar refractivity (Wildman–Crippen MR) is 71.1 cm³/mol. The highest BCUT2D eigenvalue weighted by Gasteiger charge is 2.11. The van der Waals surface area contributed by atoms with E-state index < -0.39 is 0 Å². The normalized spacial score (nSPS) is 16.5. The Morgan fingerprint density at radius 1 is 1.13 bits per heavy atom. The average Bonchev–Trinajstić information content (AvgIpc) is 2.19. The molecule has 0 saturated heterocycles. The summed E-state index contributed by atoms with van der Waals surface area (Å²) >= 11 is 0. The minimum atomic E-state index is 0.795. The summed E-state index contributed by atoms with van der Waals surface area (Å²) < 4.78 is 0. The Morgan fingerprint density at radius 3 is 2.27 bits per heavy atom. The Labute approximate surface area is 97.2 Å². The monoisotopic (exact) mass is 210 g/mol. The van der Waals surface area contributed by atoms with E-state index in [9.17, 15) is 0 Å². The minimum Gasteiger partial charge on any atom is -0.0882 e. The van der Waals surface area contributed by atoms with Gasteiger partial charge in [-0.25, -0.2) is 0 Å². The van der Waals surface area contributed by atoms with E-state index in [0.717, 1.165) is 11.8 Å². The molecule has 0 aliphatic carbocycles. The van der Waals surface area contributed by atoms with Crippen molar-refractivity contribution in [2.45, 2.75) is 73.1 Å². The maximum atomic E-state index is 2.40. The summed E-state index contributed by atoms with van der Waals surface area (Å²) in [6, 6.07) is 0. The van der Waals surface area contributed by atoms with Crippen molar-refractivity contribution in [3.8, 4) is 0 Å². The largest absolute Gasteiger partial charge is 0.0882 e. The molecule has 0 N–H and O–H groups in total. The summed E-state index contributed by atoms with van der Waals surface area (Å²) in [7, 11) is 0. The molecule has 0 aromatic heterocycles. The molecular weight excluding hydrogens is 180 g/mol. The highest BCUT2D eigenvalue weighted by molar-refractivity contribution is 5.04. The first-order chi connectivity index (χ1) is 7.15. The highest BCUT2D eigenvalue weighted by Crippen LogP contribution is 2.25. The highest BCUT2D eigenvalue weighted by atomic mass is 14.2. The van der Waals surface area contributed by atoms with Gasteiger partial charge < -0.3 is 0 Å². The topological polar surface area (TPSA) is 0 Å². The lowest BCUT2D eigenvalue weighted by molar-refractivity contribution is 0.416. The van der Waals surface area contributed by atoms with Gasteiger partial charge in [-0.05, 0) is 38.0 Å². The summed E-state index contributed by atoms with van der Waals surface area (Å²) in [6.45, 7) is 11.6. The molecule has 0 aromatic carbocycles. The molecule has 0 rings (SSSR count). The van der Waals surface area contributed by atoms with Crippen LogP contribution >= 0.6 is 0 Å². The molecule has 0 aliphatic rings. The molecule has 0 nitrogen and oxygen atoms in total. The van der Waals surface area contributed by atoms with Gasteiger partial charge in [-0.3, -0.25) is 0 Å². The van der Waals surface area contributed by atoms with Crippen LogP contribution in [0.3, 0.4) is 0 Å². The van der Waals surface area contributed by atoms with E-state index in [-0.39, 0.29) is 0 Å². The van der Waals surface area contributed by atoms with Gasteiger partial charge >= 0.3 is 0 Å². The Morgan fingerprint density at radius 2 is 1.80 bits per heavy atom. The van der Waals surface area contributed by atoms with Gasteiger partial charge in [0.05, 0.1) is 0 Å². The molecule has 0 spiro atoms. The van der Waals surface area contributed by atoms with Crippen molar-refractivity contribution in [1.29, 1.82) is 0 Å². The zero-order valence-electron chi connectivity index (χ0n) is 11.5. The molecule has 0 heterocycles. The van der Waals surface area contributed by atoms with Gasteiger partial charge in [0.25, 0.3) is 0 Å². The van der Waals surface area contributed by atoms with Crippen LogP contribution in [0.1, 0.15) is 73.1 Å². The zero-order valence-corrected chi connectivity index (χ0v) is 11.5. The standard InChI is InChI=1S/C15H30/c1-6-9-11-15(8-3)14(5)12-13(4)10-7-2/h8,13-14H,6-7,9-12H2,1-5H3/b15-8+. The molecule has 90 valence electrons. The minimum absolute atomic E-state index is 0.795. The molecule has 15 heavy (non-hydrogen) atoms. The first kappa shape index (κ1) is 14.7. The van der Waals surface area contributed by atoms with E-state index in [1.54, 1.807) is 5.57 Å². The van der Waals surface area contributed by atoms with Crippen LogP contribution in [0.4, 0.5) is 0 Å². The van der Waals surface area contributed by atoms with Crippen molar-refractivity contribution in [3.05, 3.63) is 11.6 Å². The van der Waals surface area contributed by atoms with E-state index >= 15 is 0 Å². The van der Waals surface area contributed by atoms with Crippen LogP contribution in [0, 0.1) is 11.8 Å². The molecule has 0 bridgehead atoms. The summed E-state index contributed by atoms with van der Waals surface area (Å²) in [5.41, 5.74) is 1.68. The summed E-state index contributed by atoms with van der Waals surface area (Å²) in [5.74, 6) is 1.68. The third-order valence-electron chi connectivity index (χ3n) is 3.36. The van der Waals surface area contributed by atoms with Gasteiger partial charge in [-0.2, -0.15) is 0 Å². The van der Waals surface area contributed by atoms with Crippen LogP contribution in [-0.2, 0) is 0 Å². The van der Waals surface area contributed by atoms with Crippen molar-refractivity contribution in [3.63, 3.8) is 0 Å². The Bertz CT molecular complexity index is 167. The van der Waals surface area contributed by atoms with Crippen LogP contribution in [0.25, 0.3) is 0 Å². The summed E-state index contributed by atoms with van der Waals surface area (Å²) in [4.78, 5) is 0. The number of unbranched alkanes of at least 4 members (excludes halogenated alkanes) is 1. The van der Waals surface area contributed by atoms with Crippen LogP contribution in [-0.4, -0.2) is 0 Å². The fourth-order valence-corrected chi connectivity index (χ4v) is 2.42. The summed E-state index contributed by atoms with van der Waals surface area (Å²) in [6.07, 6.45) is 10.4. The van der Waals surface area contributed by atoms with Gasteiger partial charge in [0.1, 0.15) is 0 Å². The predicted octanol–water partition coefficient (Wildman–Crippen LogP) is 5.59. The SMILES string of the molecule is C/C=C(\CCCC)C(C)CC(C)CCC. The number of allylic oxidation sites excluding steroid dienone is 2. The molecule has 0 amide bonds. The molecule has 0 aliphatic heterocycles. The second kappa shape index (κ2) is 9.00. The number of hydrogen-bond acceptors (Lipinski definition) is 0. The third-order valence-corrected chi connectivity index (χ3v) is 3.36. The third kappa shape index (κ3) is 6.76. The Hall–Kier alpha value is -0.260. The molecule has 0 saturated carbocycles. The molecule has 2 unspecified atom stereocenters. The molecule has 2 atom stereocenters. The Kier molecular flexibility index (Phi) is 8.85. The maximum Gasteiger partial charge on any atom is -0.0229 e. The lowest BCUT2D eigenvalue weighted by Crippen LogP contribution is -2.06. The second-order valence-electron chi connectivity index (χ2n) is 5.00. The number of rotatable bonds is 8. The summed E-state index contributed by atoms with van der Waals surface area (Å²) in [5, 5.41) is 0. The molecule has 0 radical (unpaired) electrons. The first-order valence-electron chi connectivity index (χ1n) is 6.80. The maximum absolute atomic E-state index is 2.40. The van der Waals surface area contributed by atoms with E-state index in [1.165, 1.54) is 38.5 Å². The van der Waals surface area contributed by atoms with Crippen molar-refractivity contribution in [1.82, 2.24) is 0 Å². The zero-order chi connectivity index (χ0) is 11.7.